The summed E-state index contributed by atoms with van der Waals surface area (Å²) < 4.78 is 6.49. The first kappa shape index (κ1) is 18.5. The fourth-order valence-corrected chi connectivity index (χ4v) is 3.05. The number of phenolic OH excluding ortho intramolecular Hbond substituents is 1. The van der Waals surface area contributed by atoms with Crippen molar-refractivity contribution in [2.75, 3.05) is 6.61 Å². The third-order valence-corrected chi connectivity index (χ3v) is 4.50. The van der Waals surface area contributed by atoms with E-state index in [2.05, 4.69) is 42.4 Å². The molecule has 0 aliphatic heterocycles. The van der Waals surface area contributed by atoms with Crippen LogP contribution in [-0.4, -0.2) is 23.8 Å². The summed E-state index contributed by atoms with van der Waals surface area (Å²) in [5.74, 6) is 0.392. The van der Waals surface area contributed by atoms with Crippen LogP contribution in [0.5, 0.6) is 11.5 Å². The van der Waals surface area contributed by atoms with Crippen LogP contribution in [0.3, 0.4) is 0 Å². The summed E-state index contributed by atoms with van der Waals surface area (Å²) >= 11 is 6.46. The number of hydrogen-bond donors (Lipinski definition) is 2. The maximum atomic E-state index is 11.7. The number of ether oxygens (including phenoxy) is 1. The smallest absolute Gasteiger partial charge is 0.277 e. The molecule has 5 nitrogen and oxygen atoms in total. The van der Waals surface area contributed by atoms with E-state index in [-0.39, 0.29) is 18.3 Å². The Morgan fingerprint density at radius 1 is 1.21 bits per heavy atom. The van der Waals surface area contributed by atoms with Crippen LogP contribution in [-0.2, 0) is 4.79 Å². The van der Waals surface area contributed by atoms with Crippen molar-refractivity contribution in [3.05, 3.63) is 56.0 Å². The van der Waals surface area contributed by atoms with Gasteiger partial charge in [-0.1, -0.05) is 6.07 Å². The fraction of sp³-hybridized carbons (Fsp3) is 0.176. The zero-order valence-electron chi connectivity index (χ0n) is 13.1. The lowest BCUT2D eigenvalue weighted by molar-refractivity contribution is -0.123. The Balaban J connectivity index is 1.87. The number of nitrogens with zero attached hydrogens (tertiary/aromatic N) is 1. The molecule has 0 saturated carbocycles. The molecule has 2 N–H and O–H groups in total. The monoisotopic (exact) mass is 454 g/mol. The van der Waals surface area contributed by atoms with Crippen molar-refractivity contribution in [3.8, 4) is 11.5 Å². The number of halogens is 2. The first-order chi connectivity index (χ1) is 11.4. The number of amides is 1. The molecule has 0 fully saturated rings. The minimum atomic E-state index is -0.360. The highest BCUT2D eigenvalue weighted by atomic mass is 79.9. The quantitative estimate of drug-likeness (QED) is 0.527. The van der Waals surface area contributed by atoms with E-state index in [4.69, 9.17) is 4.74 Å². The highest BCUT2D eigenvalue weighted by Gasteiger charge is 2.05. The topological polar surface area (TPSA) is 70.9 Å². The Bertz CT molecular complexity index is 768. The third kappa shape index (κ3) is 5.07. The summed E-state index contributed by atoms with van der Waals surface area (Å²) in [6, 6.07) is 9.02. The molecule has 0 aromatic heterocycles. The van der Waals surface area contributed by atoms with Gasteiger partial charge in [-0.25, -0.2) is 5.43 Å². The van der Waals surface area contributed by atoms with Gasteiger partial charge in [-0.05, 0) is 86.7 Å². The number of hydrazone groups is 1. The molecule has 0 saturated heterocycles. The fourth-order valence-electron chi connectivity index (χ4n) is 1.82. The number of phenols is 1. The first-order valence-electron chi connectivity index (χ1n) is 7.07. The van der Waals surface area contributed by atoms with E-state index in [1.165, 1.54) is 11.8 Å². The van der Waals surface area contributed by atoms with Gasteiger partial charge in [0, 0.05) is 0 Å². The molecule has 126 valence electrons. The van der Waals surface area contributed by atoms with Gasteiger partial charge in [0.1, 0.15) is 11.5 Å². The van der Waals surface area contributed by atoms with E-state index in [0.717, 1.165) is 5.56 Å². The SMILES string of the molecule is Cc1ccc(OCC(=O)N/N=C\c2cc(Br)c(O)c(Br)c2)cc1C. The van der Waals surface area contributed by atoms with Gasteiger partial charge in [0.15, 0.2) is 6.61 Å². The van der Waals surface area contributed by atoms with Crippen LogP contribution in [0.4, 0.5) is 0 Å². The molecule has 0 atom stereocenters. The van der Waals surface area contributed by atoms with Crippen LogP contribution < -0.4 is 10.2 Å². The summed E-state index contributed by atoms with van der Waals surface area (Å²) in [6.07, 6.45) is 1.48. The predicted octanol–water partition coefficient (Wildman–Crippen LogP) is 4.06. The average molecular weight is 456 g/mol. The van der Waals surface area contributed by atoms with Gasteiger partial charge in [0.25, 0.3) is 5.91 Å². The zero-order chi connectivity index (χ0) is 17.7. The van der Waals surface area contributed by atoms with Crippen LogP contribution in [0.2, 0.25) is 0 Å². The number of aryl methyl sites for hydroxylation is 2. The Morgan fingerprint density at radius 2 is 1.88 bits per heavy atom. The molecule has 0 aliphatic carbocycles. The lowest BCUT2D eigenvalue weighted by Crippen LogP contribution is -2.24. The number of aromatic hydroxyl groups is 1. The maximum absolute atomic E-state index is 11.7. The highest BCUT2D eigenvalue weighted by molar-refractivity contribution is 9.11. The molecule has 2 rings (SSSR count). The second-order valence-corrected chi connectivity index (χ2v) is 6.87. The third-order valence-electron chi connectivity index (χ3n) is 3.29. The first-order valence-corrected chi connectivity index (χ1v) is 8.65. The van der Waals surface area contributed by atoms with Crippen molar-refractivity contribution in [1.82, 2.24) is 5.43 Å². The normalized spacial score (nSPS) is 10.8. The minimum absolute atomic E-state index is 0.109. The second-order valence-electron chi connectivity index (χ2n) is 5.16. The summed E-state index contributed by atoms with van der Waals surface area (Å²) in [5.41, 5.74) is 5.38. The molecule has 0 unspecified atom stereocenters. The van der Waals surface area contributed by atoms with Gasteiger partial charge in [-0.3, -0.25) is 4.79 Å². The van der Waals surface area contributed by atoms with Gasteiger partial charge >= 0.3 is 0 Å². The van der Waals surface area contributed by atoms with Crippen molar-refractivity contribution in [2.45, 2.75) is 13.8 Å². The number of carbonyl (C=O) groups excluding carboxylic acids is 1. The van der Waals surface area contributed by atoms with E-state index < -0.39 is 0 Å². The van der Waals surface area contributed by atoms with Crippen molar-refractivity contribution in [2.24, 2.45) is 5.10 Å². The van der Waals surface area contributed by atoms with E-state index in [1.807, 2.05) is 32.0 Å². The lowest BCUT2D eigenvalue weighted by atomic mass is 10.1. The molecular weight excluding hydrogens is 440 g/mol. The number of carbonyl (C=O) groups is 1. The lowest BCUT2D eigenvalue weighted by Gasteiger charge is -2.07. The maximum Gasteiger partial charge on any atom is 0.277 e. The molecule has 2 aromatic rings. The standard InChI is InChI=1S/C17H16Br2N2O3/c1-10-3-4-13(5-11(10)2)24-9-16(22)21-20-8-12-6-14(18)17(23)15(19)7-12/h3-8,23H,9H2,1-2H3,(H,21,22)/b20-8-. The van der Waals surface area contributed by atoms with Crippen LogP contribution in [0.15, 0.2) is 44.4 Å². The highest BCUT2D eigenvalue weighted by Crippen LogP contribution is 2.32. The molecule has 0 spiro atoms. The zero-order valence-corrected chi connectivity index (χ0v) is 16.3. The van der Waals surface area contributed by atoms with E-state index in [9.17, 15) is 9.90 Å². The van der Waals surface area contributed by atoms with Gasteiger partial charge < -0.3 is 9.84 Å². The Labute approximate surface area is 157 Å². The van der Waals surface area contributed by atoms with Crippen molar-refractivity contribution in [3.63, 3.8) is 0 Å². The summed E-state index contributed by atoms with van der Waals surface area (Å²) in [6.45, 7) is 3.88. The molecule has 2 aromatic carbocycles. The van der Waals surface area contributed by atoms with Gasteiger partial charge in [0.05, 0.1) is 15.2 Å². The van der Waals surface area contributed by atoms with Gasteiger partial charge in [0.2, 0.25) is 0 Å². The van der Waals surface area contributed by atoms with Gasteiger partial charge in [-0.15, -0.1) is 0 Å². The van der Waals surface area contributed by atoms with E-state index in [1.54, 1.807) is 12.1 Å². The van der Waals surface area contributed by atoms with Crippen molar-refractivity contribution < 1.29 is 14.6 Å². The van der Waals surface area contributed by atoms with E-state index >= 15 is 0 Å². The molecule has 0 aliphatic rings. The molecule has 7 heteroatoms. The Kier molecular flexibility index (Phi) is 6.39. The van der Waals surface area contributed by atoms with Crippen LogP contribution in [0.25, 0.3) is 0 Å². The molecule has 1 amide bonds. The minimum Gasteiger partial charge on any atom is -0.506 e. The largest absolute Gasteiger partial charge is 0.506 e. The number of hydrogen-bond acceptors (Lipinski definition) is 4. The number of nitrogens with one attached hydrogen (secondary N) is 1. The molecule has 0 bridgehead atoms. The van der Waals surface area contributed by atoms with Crippen LogP contribution >= 0.6 is 31.9 Å². The Hall–Kier alpha value is -1.86. The van der Waals surface area contributed by atoms with Gasteiger partial charge in [-0.2, -0.15) is 5.10 Å². The molecular formula is C17H16Br2N2O3. The van der Waals surface area contributed by atoms with E-state index in [0.29, 0.717) is 20.3 Å². The summed E-state index contributed by atoms with van der Waals surface area (Å²) in [7, 11) is 0. The Morgan fingerprint density at radius 3 is 2.50 bits per heavy atom. The second kappa shape index (κ2) is 8.30. The van der Waals surface area contributed by atoms with Crippen molar-refractivity contribution >= 4 is 44.0 Å². The molecule has 0 heterocycles. The number of benzene rings is 2. The molecule has 24 heavy (non-hydrogen) atoms. The van der Waals surface area contributed by atoms with Crippen LogP contribution in [0.1, 0.15) is 16.7 Å². The average Bonchev–Trinajstić information content (AvgIpc) is 2.53. The summed E-state index contributed by atoms with van der Waals surface area (Å²) in [4.78, 5) is 11.7. The van der Waals surface area contributed by atoms with Crippen molar-refractivity contribution in [1.29, 1.82) is 0 Å². The van der Waals surface area contributed by atoms with Crippen LogP contribution in [0, 0.1) is 13.8 Å². The number of rotatable bonds is 5. The predicted molar refractivity (Wildman–Crippen MR) is 101 cm³/mol. The summed E-state index contributed by atoms with van der Waals surface area (Å²) in [5, 5.41) is 13.5. The molecule has 0 radical (unpaired) electrons.